The maximum absolute atomic E-state index is 13.5. The van der Waals surface area contributed by atoms with Crippen LogP contribution in [0.3, 0.4) is 0 Å². The highest BCUT2D eigenvalue weighted by molar-refractivity contribution is 5.65. The van der Waals surface area contributed by atoms with Gasteiger partial charge in [-0.1, -0.05) is 23.8 Å². The molecule has 0 radical (unpaired) electrons. The number of pyridine rings is 1. The molecule has 0 saturated carbocycles. The Morgan fingerprint density at radius 3 is 2.48 bits per heavy atom. The number of alkyl halides is 3. The van der Waals surface area contributed by atoms with Crippen LogP contribution in [0.1, 0.15) is 11.3 Å². The van der Waals surface area contributed by atoms with E-state index in [4.69, 9.17) is 0 Å². The second-order valence-electron chi connectivity index (χ2n) is 5.99. The highest BCUT2D eigenvalue weighted by atomic mass is 19.4. The van der Waals surface area contributed by atoms with Gasteiger partial charge in [0.1, 0.15) is 17.2 Å². The van der Waals surface area contributed by atoms with E-state index in [1.807, 2.05) is 31.2 Å². The van der Waals surface area contributed by atoms with Crippen molar-refractivity contribution < 1.29 is 13.2 Å². The molecule has 0 atom stereocenters. The van der Waals surface area contributed by atoms with E-state index in [0.29, 0.717) is 5.82 Å². The van der Waals surface area contributed by atoms with Crippen LogP contribution in [0.2, 0.25) is 0 Å². The molecular formula is C19H14F3N5. The SMILES string of the molecule is Cc1ccc(Nc2ccnc(-c3c(C(F)(F)F)nc4ccccn34)n2)cc1. The fraction of sp³-hybridized carbons (Fsp3) is 0.105. The molecule has 5 nitrogen and oxygen atoms in total. The number of hydrogen-bond acceptors (Lipinski definition) is 4. The van der Waals surface area contributed by atoms with Gasteiger partial charge in [0.2, 0.25) is 0 Å². The van der Waals surface area contributed by atoms with Crippen molar-refractivity contribution in [2.75, 3.05) is 5.32 Å². The fourth-order valence-corrected chi connectivity index (χ4v) is 2.73. The molecule has 0 bridgehead atoms. The number of hydrogen-bond donors (Lipinski definition) is 1. The van der Waals surface area contributed by atoms with E-state index >= 15 is 0 Å². The average Bonchev–Trinajstić information content (AvgIpc) is 3.04. The summed E-state index contributed by atoms with van der Waals surface area (Å²) in [6.07, 6.45) is -1.69. The van der Waals surface area contributed by atoms with Crippen molar-refractivity contribution in [2.45, 2.75) is 13.1 Å². The lowest BCUT2D eigenvalue weighted by molar-refractivity contribution is -0.140. The molecule has 4 aromatic rings. The molecule has 0 aliphatic heterocycles. The minimum absolute atomic E-state index is 0.0573. The van der Waals surface area contributed by atoms with Gasteiger partial charge in [-0.15, -0.1) is 0 Å². The Morgan fingerprint density at radius 2 is 1.74 bits per heavy atom. The Kier molecular flexibility index (Phi) is 4.02. The summed E-state index contributed by atoms with van der Waals surface area (Å²) < 4.78 is 41.9. The van der Waals surface area contributed by atoms with Gasteiger partial charge in [-0.3, -0.25) is 4.40 Å². The number of benzene rings is 1. The van der Waals surface area contributed by atoms with Gasteiger partial charge in [0.15, 0.2) is 11.5 Å². The first-order chi connectivity index (χ1) is 12.9. The van der Waals surface area contributed by atoms with Crippen molar-refractivity contribution in [1.82, 2.24) is 19.4 Å². The third kappa shape index (κ3) is 3.33. The van der Waals surface area contributed by atoms with E-state index in [-0.39, 0.29) is 17.2 Å². The lowest BCUT2D eigenvalue weighted by Crippen LogP contribution is -2.09. The van der Waals surface area contributed by atoms with E-state index in [2.05, 4.69) is 20.3 Å². The predicted molar refractivity (Wildman–Crippen MR) is 95.7 cm³/mol. The number of nitrogens with one attached hydrogen (secondary N) is 1. The average molecular weight is 369 g/mol. The van der Waals surface area contributed by atoms with Crippen molar-refractivity contribution >= 4 is 17.2 Å². The molecule has 4 rings (SSSR count). The molecule has 0 unspecified atom stereocenters. The zero-order chi connectivity index (χ0) is 19.0. The molecule has 3 aromatic heterocycles. The molecular weight excluding hydrogens is 355 g/mol. The molecule has 0 aliphatic rings. The number of aromatic nitrogens is 4. The molecule has 3 heterocycles. The van der Waals surface area contributed by atoms with Crippen molar-refractivity contribution in [3.05, 3.63) is 72.2 Å². The lowest BCUT2D eigenvalue weighted by atomic mass is 10.2. The first-order valence-corrected chi connectivity index (χ1v) is 8.13. The topological polar surface area (TPSA) is 55.1 Å². The number of imidazole rings is 1. The molecule has 8 heteroatoms. The Labute approximate surface area is 152 Å². The van der Waals surface area contributed by atoms with E-state index in [1.54, 1.807) is 18.2 Å². The van der Waals surface area contributed by atoms with Crippen molar-refractivity contribution in [1.29, 1.82) is 0 Å². The summed E-state index contributed by atoms with van der Waals surface area (Å²) in [5, 5.41) is 3.08. The van der Waals surface area contributed by atoms with E-state index in [9.17, 15) is 13.2 Å². The van der Waals surface area contributed by atoms with E-state index in [0.717, 1.165) is 11.3 Å². The second kappa shape index (κ2) is 6.39. The van der Waals surface area contributed by atoms with Crippen molar-refractivity contribution in [2.24, 2.45) is 0 Å². The molecule has 1 N–H and O–H groups in total. The molecule has 0 saturated heterocycles. The van der Waals surface area contributed by atoms with Gasteiger partial charge in [-0.2, -0.15) is 13.2 Å². The molecule has 27 heavy (non-hydrogen) atoms. The molecule has 1 aromatic carbocycles. The highest BCUT2D eigenvalue weighted by Crippen LogP contribution is 2.36. The van der Waals surface area contributed by atoms with E-state index in [1.165, 1.54) is 22.9 Å². The summed E-state index contributed by atoms with van der Waals surface area (Å²) >= 11 is 0. The Balaban J connectivity index is 1.81. The number of fused-ring (bicyclic) bond motifs is 1. The summed E-state index contributed by atoms with van der Waals surface area (Å²) in [5.41, 5.74) is 0.857. The minimum Gasteiger partial charge on any atom is -0.340 e. The van der Waals surface area contributed by atoms with Crippen LogP contribution in [0.15, 0.2) is 60.9 Å². The summed E-state index contributed by atoms with van der Waals surface area (Å²) in [7, 11) is 0. The van der Waals surface area contributed by atoms with E-state index < -0.39 is 11.9 Å². The number of rotatable bonds is 3. The first-order valence-electron chi connectivity index (χ1n) is 8.13. The van der Waals surface area contributed by atoms with Gasteiger partial charge >= 0.3 is 6.18 Å². The van der Waals surface area contributed by atoms with Crippen molar-refractivity contribution in [3.63, 3.8) is 0 Å². The van der Waals surface area contributed by atoms with Crippen molar-refractivity contribution in [3.8, 4) is 11.5 Å². The molecule has 0 fully saturated rings. The van der Waals surface area contributed by atoms with Crippen LogP contribution in [0.25, 0.3) is 17.2 Å². The molecule has 136 valence electrons. The standard InChI is InChI=1S/C19H14F3N5/c1-12-5-7-13(8-6-12)24-14-9-10-23-18(25-14)16-17(19(20,21)22)26-15-4-2-3-11-27(15)16/h2-11H,1H3,(H,23,24,25). The van der Waals surface area contributed by atoms with Crippen LogP contribution in [0, 0.1) is 6.92 Å². The smallest absolute Gasteiger partial charge is 0.340 e. The number of anilines is 2. The molecule has 0 amide bonds. The summed E-state index contributed by atoms with van der Waals surface area (Å²) in [5.74, 6) is 0.334. The van der Waals surface area contributed by atoms with Crippen LogP contribution >= 0.6 is 0 Å². The van der Waals surface area contributed by atoms with Gasteiger partial charge in [0.05, 0.1) is 0 Å². The van der Waals surface area contributed by atoms with Crippen LogP contribution < -0.4 is 5.32 Å². The maximum atomic E-state index is 13.5. The molecule has 0 spiro atoms. The highest BCUT2D eigenvalue weighted by Gasteiger charge is 2.39. The van der Waals surface area contributed by atoms with Crippen LogP contribution in [-0.2, 0) is 6.18 Å². The summed E-state index contributed by atoms with van der Waals surface area (Å²) in [6.45, 7) is 1.97. The van der Waals surface area contributed by atoms with Gasteiger partial charge < -0.3 is 5.32 Å². The zero-order valence-electron chi connectivity index (χ0n) is 14.2. The number of nitrogens with zero attached hydrogens (tertiary/aromatic N) is 4. The van der Waals surface area contributed by atoms with Gasteiger partial charge in [-0.25, -0.2) is 15.0 Å². The van der Waals surface area contributed by atoms with Gasteiger partial charge in [0, 0.05) is 18.1 Å². The number of halogens is 3. The normalized spacial score (nSPS) is 11.7. The Bertz CT molecular complexity index is 1100. The van der Waals surface area contributed by atoms with Gasteiger partial charge in [0.25, 0.3) is 0 Å². The largest absolute Gasteiger partial charge is 0.435 e. The lowest BCUT2D eigenvalue weighted by Gasteiger charge is -2.09. The third-order valence-electron chi connectivity index (χ3n) is 3.99. The first kappa shape index (κ1) is 17.0. The quantitative estimate of drug-likeness (QED) is 0.560. The Hall–Kier alpha value is -3.42. The maximum Gasteiger partial charge on any atom is 0.435 e. The third-order valence-corrected chi connectivity index (χ3v) is 3.99. The monoisotopic (exact) mass is 369 g/mol. The Morgan fingerprint density at radius 1 is 0.963 bits per heavy atom. The van der Waals surface area contributed by atoms with Crippen LogP contribution in [0.4, 0.5) is 24.7 Å². The number of aryl methyl sites for hydroxylation is 1. The van der Waals surface area contributed by atoms with Gasteiger partial charge in [-0.05, 0) is 37.3 Å². The van der Waals surface area contributed by atoms with Crippen LogP contribution in [-0.4, -0.2) is 19.4 Å². The zero-order valence-corrected chi connectivity index (χ0v) is 14.2. The second-order valence-corrected chi connectivity index (χ2v) is 5.99. The molecule has 0 aliphatic carbocycles. The summed E-state index contributed by atoms with van der Waals surface area (Å²) in [4.78, 5) is 12.0. The van der Waals surface area contributed by atoms with Crippen LogP contribution in [0.5, 0.6) is 0 Å². The fourth-order valence-electron chi connectivity index (χ4n) is 2.73. The minimum atomic E-state index is -4.62. The predicted octanol–water partition coefficient (Wildman–Crippen LogP) is 4.86. The summed E-state index contributed by atoms with van der Waals surface area (Å²) in [6, 6.07) is 14.0.